The molecular formula is C53H36N2. The predicted molar refractivity (Wildman–Crippen MR) is 227 cm³/mol. The van der Waals surface area contributed by atoms with Gasteiger partial charge in [0.1, 0.15) is 0 Å². The van der Waals surface area contributed by atoms with E-state index in [0.29, 0.717) is 5.82 Å². The second kappa shape index (κ2) is 13.7. The van der Waals surface area contributed by atoms with Crippen molar-refractivity contribution in [1.29, 1.82) is 0 Å². The normalized spacial score (nSPS) is 12.5. The van der Waals surface area contributed by atoms with E-state index in [-0.39, 0.29) is 0 Å². The van der Waals surface area contributed by atoms with Crippen molar-refractivity contribution in [2.75, 3.05) is 0 Å². The lowest BCUT2D eigenvalue weighted by molar-refractivity contribution is 0.769. The Balaban J connectivity index is 1.07. The maximum atomic E-state index is 5.10. The minimum Gasteiger partial charge on any atom is -0.228 e. The fourth-order valence-corrected chi connectivity index (χ4v) is 8.45. The molecule has 0 aliphatic heterocycles. The van der Waals surface area contributed by atoms with Gasteiger partial charge in [0.05, 0.1) is 16.8 Å². The van der Waals surface area contributed by atoms with Crippen molar-refractivity contribution in [2.45, 2.75) is 5.41 Å². The van der Waals surface area contributed by atoms with E-state index in [1.807, 2.05) is 12.1 Å². The fourth-order valence-electron chi connectivity index (χ4n) is 8.45. The van der Waals surface area contributed by atoms with Gasteiger partial charge in [0, 0.05) is 16.7 Å². The summed E-state index contributed by atoms with van der Waals surface area (Å²) in [5.41, 5.74) is 16.8. The highest BCUT2D eigenvalue weighted by Crippen LogP contribution is 2.56. The molecule has 0 amide bonds. The van der Waals surface area contributed by atoms with Crippen molar-refractivity contribution < 1.29 is 0 Å². The third-order valence-corrected chi connectivity index (χ3v) is 11.0. The zero-order valence-corrected chi connectivity index (χ0v) is 30.2. The lowest BCUT2D eigenvalue weighted by Crippen LogP contribution is -2.28. The van der Waals surface area contributed by atoms with Gasteiger partial charge in [-0.3, -0.25) is 0 Å². The topological polar surface area (TPSA) is 25.8 Å². The van der Waals surface area contributed by atoms with Crippen molar-refractivity contribution >= 4 is 0 Å². The average molecular weight is 701 g/mol. The van der Waals surface area contributed by atoms with Crippen LogP contribution in [0.15, 0.2) is 218 Å². The van der Waals surface area contributed by atoms with E-state index < -0.39 is 5.41 Å². The molecule has 0 atom stereocenters. The highest BCUT2D eigenvalue weighted by atomic mass is 14.9. The molecule has 1 heterocycles. The maximum absolute atomic E-state index is 5.10. The summed E-state index contributed by atoms with van der Waals surface area (Å²) in [4.78, 5) is 10.2. The number of rotatable bonds is 7. The number of aromatic nitrogens is 2. The molecule has 2 nitrogen and oxygen atoms in total. The molecule has 9 aromatic rings. The molecule has 0 fully saturated rings. The van der Waals surface area contributed by atoms with Crippen LogP contribution in [0.2, 0.25) is 0 Å². The van der Waals surface area contributed by atoms with Gasteiger partial charge in [-0.1, -0.05) is 194 Å². The molecule has 55 heavy (non-hydrogen) atoms. The van der Waals surface area contributed by atoms with Gasteiger partial charge in [0.25, 0.3) is 0 Å². The smallest absolute Gasteiger partial charge is 0.160 e. The Morgan fingerprint density at radius 2 is 0.655 bits per heavy atom. The number of hydrogen-bond acceptors (Lipinski definition) is 2. The Bertz CT molecular complexity index is 2700. The highest BCUT2D eigenvalue weighted by molar-refractivity contribution is 5.87. The number of hydrogen-bond donors (Lipinski definition) is 0. The first-order valence-corrected chi connectivity index (χ1v) is 18.8. The molecule has 0 N–H and O–H groups in total. The molecule has 1 aliphatic carbocycles. The van der Waals surface area contributed by atoms with Crippen molar-refractivity contribution in [2.24, 2.45) is 0 Å². The molecule has 0 bridgehead atoms. The van der Waals surface area contributed by atoms with E-state index in [4.69, 9.17) is 9.97 Å². The van der Waals surface area contributed by atoms with Crippen LogP contribution in [-0.4, -0.2) is 9.97 Å². The molecule has 0 spiro atoms. The molecule has 1 aliphatic rings. The third kappa shape index (κ3) is 5.67. The van der Waals surface area contributed by atoms with Gasteiger partial charge in [-0.2, -0.15) is 0 Å². The Morgan fingerprint density at radius 1 is 0.273 bits per heavy atom. The second-order valence-corrected chi connectivity index (χ2v) is 14.1. The lowest BCUT2D eigenvalue weighted by atomic mass is 9.67. The molecule has 0 unspecified atom stereocenters. The highest BCUT2D eigenvalue weighted by Gasteiger charge is 2.45. The molecule has 10 rings (SSSR count). The predicted octanol–water partition coefficient (Wildman–Crippen LogP) is 13.2. The largest absolute Gasteiger partial charge is 0.228 e. The summed E-state index contributed by atoms with van der Waals surface area (Å²) in [6.45, 7) is 0. The number of benzene rings is 8. The van der Waals surface area contributed by atoms with Crippen LogP contribution in [0.5, 0.6) is 0 Å². The summed E-state index contributed by atoms with van der Waals surface area (Å²) in [6.07, 6.45) is 0. The van der Waals surface area contributed by atoms with Crippen LogP contribution in [0, 0.1) is 0 Å². The van der Waals surface area contributed by atoms with Crippen LogP contribution in [0.1, 0.15) is 22.3 Å². The molecule has 1 aromatic heterocycles. The first-order valence-electron chi connectivity index (χ1n) is 18.8. The summed E-state index contributed by atoms with van der Waals surface area (Å²) >= 11 is 0. The van der Waals surface area contributed by atoms with Gasteiger partial charge >= 0.3 is 0 Å². The third-order valence-electron chi connectivity index (χ3n) is 11.0. The van der Waals surface area contributed by atoms with Gasteiger partial charge in [-0.25, -0.2) is 9.97 Å². The summed E-state index contributed by atoms with van der Waals surface area (Å²) < 4.78 is 0. The van der Waals surface area contributed by atoms with Gasteiger partial charge in [-0.15, -0.1) is 0 Å². The monoisotopic (exact) mass is 700 g/mol. The molecule has 258 valence electrons. The molecular weight excluding hydrogens is 665 g/mol. The van der Waals surface area contributed by atoms with E-state index >= 15 is 0 Å². The van der Waals surface area contributed by atoms with Crippen molar-refractivity contribution in [3.05, 3.63) is 241 Å². The van der Waals surface area contributed by atoms with E-state index in [0.717, 1.165) is 39.2 Å². The zero-order chi connectivity index (χ0) is 36.6. The second-order valence-electron chi connectivity index (χ2n) is 14.1. The van der Waals surface area contributed by atoms with Crippen molar-refractivity contribution in [3.63, 3.8) is 0 Å². The summed E-state index contributed by atoms with van der Waals surface area (Å²) in [6, 6.07) is 78.2. The zero-order valence-electron chi connectivity index (χ0n) is 30.2. The average Bonchev–Trinajstić information content (AvgIpc) is 3.58. The van der Waals surface area contributed by atoms with E-state index in [1.165, 1.54) is 44.5 Å². The Morgan fingerprint density at radius 3 is 1.20 bits per heavy atom. The SMILES string of the molecule is c1ccc(-c2cc(-c3ccccc3)nc(-c3cccc(-c4cccc(-c5cccc(C6(c7ccccc7)c7ccccc7-c7ccccc76)c5)c4)c3)n2)cc1. The minimum atomic E-state index is -0.441. The van der Waals surface area contributed by atoms with Gasteiger partial charge in [0.2, 0.25) is 0 Å². The van der Waals surface area contributed by atoms with Crippen LogP contribution >= 0.6 is 0 Å². The molecule has 2 heteroatoms. The first kappa shape index (κ1) is 32.5. The van der Waals surface area contributed by atoms with Gasteiger partial charge in [-0.05, 0) is 79.9 Å². The van der Waals surface area contributed by atoms with E-state index in [1.54, 1.807) is 0 Å². The van der Waals surface area contributed by atoms with E-state index in [9.17, 15) is 0 Å². The maximum Gasteiger partial charge on any atom is 0.160 e. The van der Waals surface area contributed by atoms with Crippen molar-refractivity contribution in [1.82, 2.24) is 9.97 Å². The molecule has 8 aromatic carbocycles. The standard InChI is InChI=1S/C53H36N2/c1-4-17-37(18-5-1)50-36-51(38-19-6-2-7-20-38)55-52(54-50)43-25-15-23-41(34-43)39-21-14-22-40(33-39)42-24-16-28-45(35-42)53(44-26-8-3-9-27-44)48-31-12-10-29-46(48)47-30-11-13-32-49(47)53/h1-36H. The summed E-state index contributed by atoms with van der Waals surface area (Å²) in [5, 5.41) is 0. The van der Waals surface area contributed by atoms with Crippen LogP contribution < -0.4 is 0 Å². The van der Waals surface area contributed by atoms with Crippen LogP contribution in [-0.2, 0) is 5.41 Å². The minimum absolute atomic E-state index is 0.441. The molecule has 0 radical (unpaired) electrons. The van der Waals surface area contributed by atoms with Crippen molar-refractivity contribution in [3.8, 4) is 67.3 Å². The first-order chi connectivity index (χ1) is 27.3. The molecule has 0 saturated carbocycles. The Labute approximate surface area is 322 Å². The fraction of sp³-hybridized carbons (Fsp3) is 0.0189. The van der Waals surface area contributed by atoms with Gasteiger partial charge < -0.3 is 0 Å². The Kier molecular flexibility index (Phi) is 8.08. The number of nitrogens with zero attached hydrogens (tertiary/aromatic N) is 2. The summed E-state index contributed by atoms with van der Waals surface area (Å²) in [7, 11) is 0. The lowest BCUT2D eigenvalue weighted by Gasteiger charge is -2.34. The van der Waals surface area contributed by atoms with Crippen LogP contribution in [0.4, 0.5) is 0 Å². The quantitative estimate of drug-likeness (QED) is 0.165. The number of fused-ring (bicyclic) bond motifs is 3. The van der Waals surface area contributed by atoms with Gasteiger partial charge in [0.15, 0.2) is 5.82 Å². The Hall–Kier alpha value is -7.16. The van der Waals surface area contributed by atoms with Crippen LogP contribution in [0.25, 0.3) is 67.3 Å². The van der Waals surface area contributed by atoms with E-state index in [2.05, 4.69) is 206 Å². The summed E-state index contributed by atoms with van der Waals surface area (Å²) in [5.74, 6) is 0.703. The van der Waals surface area contributed by atoms with Crippen LogP contribution in [0.3, 0.4) is 0 Å². The molecule has 0 saturated heterocycles.